The molecule has 0 unspecified atom stereocenters. The molecule has 202 valence electrons. The van der Waals surface area contributed by atoms with Crippen molar-refractivity contribution in [2.45, 2.75) is 50.5 Å². The average molecular weight is 522 g/mol. The van der Waals surface area contributed by atoms with E-state index in [4.69, 9.17) is 14.2 Å². The average Bonchev–Trinajstić information content (AvgIpc) is 3.60. The minimum absolute atomic E-state index is 0.00311. The molecule has 9 heteroatoms. The third-order valence-corrected chi connectivity index (χ3v) is 7.74. The van der Waals surface area contributed by atoms with Gasteiger partial charge in [-0.2, -0.15) is 0 Å². The Hall–Kier alpha value is -3.43. The number of piperidine rings is 1. The summed E-state index contributed by atoms with van der Waals surface area (Å²) in [5.41, 5.74) is 1.10. The molecule has 5 rings (SSSR count). The first kappa shape index (κ1) is 26.2. The van der Waals surface area contributed by atoms with Gasteiger partial charge in [-0.15, -0.1) is 0 Å². The number of hydrogen-bond acceptors (Lipinski definition) is 6. The number of rotatable bonds is 6. The molecule has 1 N–H and O–H groups in total. The first-order chi connectivity index (χ1) is 18.4. The standard InChI is InChI=1S/C29H35N3O6/c1-20-5-3-6-22(17-20)28(35)32-25(26(33)30-18-24-7-4-16-37-24)19-38-29(32)12-14-31(15-13-29)27(34)21-8-10-23(36-2)11-9-21/h3,5-6,8-11,17,24-25H,4,7,12-16,18-19H2,1-2H3,(H,30,33)/t24-,25-/m0/s1. The summed E-state index contributed by atoms with van der Waals surface area (Å²) in [6, 6.07) is 13.6. The van der Waals surface area contributed by atoms with Crippen LogP contribution in [0, 0.1) is 6.92 Å². The van der Waals surface area contributed by atoms with Gasteiger partial charge in [-0.05, 0) is 56.2 Å². The van der Waals surface area contributed by atoms with Gasteiger partial charge >= 0.3 is 0 Å². The minimum Gasteiger partial charge on any atom is -0.497 e. The van der Waals surface area contributed by atoms with Gasteiger partial charge in [0.05, 0.1) is 19.8 Å². The van der Waals surface area contributed by atoms with Crippen LogP contribution in [-0.2, 0) is 14.3 Å². The quantitative estimate of drug-likeness (QED) is 0.628. The fraction of sp³-hybridized carbons (Fsp3) is 0.483. The van der Waals surface area contributed by atoms with Crippen LogP contribution >= 0.6 is 0 Å². The molecule has 38 heavy (non-hydrogen) atoms. The predicted molar refractivity (Wildman–Crippen MR) is 140 cm³/mol. The lowest BCUT2D eigenvalue weighted by molar-refractivity contribution is -0.128. The molecule has 3 saturated heterocycles. The lowest BCUT2D eigenvalue weighted by atomic mass is 9.95. The molecule has 3 aliphatic rings. The molecule has 1 spiro atoms. The lowest BCUT2D eigenvalue weighted by Gasteiger charge is -2.44. The van der Waals surface area contributed by atoms with Crippen LogP contribution in [0.5, 0.6) is 5.75 Å². The van der Waals surface area contributed by atoms with Crippen LogP contribution < -0.4 is 10.1 Å². The Kier molecular flexibility index (Phi) is 7.67. The van der Waals surface area contributed by atoms with Gasteiger partial charge in [-0.25, -0.2) is 0 Å². The zero-order valence-corrected chi connectivity index (χ0v) is 22.0. The van der Waals surface area contributed by atoms with Crippen molar-refractivity contribution in [2.75, 3.05) is 40.0 Å². The topological polar surface area (TPSA) is 97.4 Å². The van der Waals surface area contributed by atoms with E-state index in [1.54, 1.807) is 47.2 Å². The van der Waals surface area contributed by atoms with Crippen LogP contribution in [0.3, 0.4) is 0 Å². The number of benzene rings is 2. The van der Waals surface area contributed by atoms with E-state index in [0.29, 0.717) is 56.0 Å². The highest BCUT2D eigenvalue weighted by molar-refractivity contribution is 5.99. The number of carbonyl (C=O) groups is 3. The Balaban J connectivity index is 1.33. The number of aryl methyl sites for hydroxylation is 1. The van der Waals surface area contributed by atoms with E-state index < -0.39 is 11.8 Å². The number of hydrogen-bond donors (Lipinski definition) is 1. The van der Waals surface area contributed by atoms with Crippen molar-refractivity contribution in [1.29, 1.82) is 0 Å². The monoisotopic (exact) mass is 521 g/mol. The third-order valence-electron chi connectivity index (χ3n) is 7.74. The zero-order chi connectivity index (χ0) is 26.7. The maximum Gasteiger partial charge on any atom is 0.256 e. The van der Waals surface area contributed by atoms with Crippen LogP contribution in [0.25, 0.3) is 0 Å². The maximum absolute atomic E-state index is 13.9. The summed E-state index contributed by atoms with van der Waals surface area (Å²) in [5, 5.41) is 2.98. The molecule has 2 aromatic rings. The van der Waals surface area contributed by atoms with Gasteiger partial charge in [-0.1, -0.05) is 17.7 Å². The van der Waals surface area contributed by atoms with E-state index >= 15 is 0 Å². The summed E-state index contributed by atoms with van der Waals surface area (Å²) < 4.78 is 17.1. The van der Waals surface area contributed by atoms with Crippen LogP contribution in [0.1, 0.15) is 52.0 Å². The molecule has 2 aromatic carbocycles. The summed E-state index contributed by atoms with van der Waals surface area (Å²) in [6.07, 6.45) is 2.74. The van der Waals surface area contributed by atoms with Crippen molar-refractivity contribution in [3.63, 3.8) is 0 Å². The molecule has 3 amide bonds. The number of carbonyl (C=O) groups excluding carboxylic acids is 3. The molecular weight excluding hydrogens is 486 g/mol. The molecule has 3 aliphatic heterocycles. The Bertz CT molecular complexity index is 1170. The van der Waals surface area contributed by atoms with Gasteiger partial charge < -0.3 is 24.4 Å². The van der Waals surface area contributed by atoms with Crippen molar-refractivity contribution in [1.82, 2.24) is 15.1 Å². The van der Waals surface area contributed by atoms with E-state index in [2.05, 4.69) is 5.32 Å². The SMILES string of the molecule is COc1ccc(C(=O)N2CCC3(CC2)OC[C@@H](C(=O)NC[C@@H]2CCCO2)N3C(=O)c2cccc(C)c2)cc1. The Morgan fingerprint density at radius 2 is 1.82 bits per heavy atom. The van der Waals surface area contributed by atoms with E-state index in [9.17, 15) is 14.4 Å². The normalized spacial score (nSPS) is 22.5. The van der Waals surface area contributed by atoms with Crippen LogP contribution in [-0.4, -0.2) is 85.3 Å². The van der Waals surface area contributed by atoms with Crippen molar-refractivity contribution in [2.24, 2.45) is 0 Å². The molecule has 0 aliphatic carbocycles. The van der Waals surface area contributed by atoms with Crippen molar-refractivity contribution in [3.05, 3.63) is 65.2 Å². The van der Waals surface area contributed by atoms with Crippen LogP contribution in [0.15, 0.2) is 48.5 Å². The van der Waals surface area contributed by atoms with Crippen LogP contribution in [0.2, 0.25) is 0 Å². The summed E-state index contributed by atoms with van der Waals surface area (Å²) in [6.45, 7) is 3.99. The molecular formula is C29H35N3O6. The van der Waals surface area contributed by atoms with E-state index in [-0.39, 0.29) is 30.4 Å². The second kappa shape index (κ2) is 11.1. The smallest absolute Gasteiger partial charge is 0.256 e. The van der Waals surface area contributed by atoms with Gasteiger partial charge in [0.1, 0.15) is 17.5 Å². The van der Waals surface area contributed by atoms with E-state index in [0.717, 1.165) is 18.4 Å². The first-order valence-electron chi connectivity index (χ1n) is 13.3. The largest absolute Gasteiger partial charge is 0.497 e. The third kappa shape index (κ3) is 5.26. The van der Waals surface area contributed by atoms with Crippen molar-refractivity contribution >= 4 is 17.7 Å². The molecule has 0 radical (unpaired) electrons. The molecule has 0 aromatic heterocycles. The second-order valence-electron chi connectivity index (χ2n) is 10.2. The summed E-state index contributed by atoms with van der Waals surface area (Å²) in [5.74, 6) is 0.129. The number of ether oxygens (including phenoxy) is 3. The van der Waals surface area contributed by atoms with Gasteiger partial charge in [-0.3, -0.25) is 19.3 Å². The Morgan fingerprint density at radius 3 is 2.47 bits per heavy atom. The number of methoxy groups -OCH3 is 1. The van der Waals surface area contributed by atoms with Gasteiger partial charge in [0.15, 0.2) is 0 Å². The molecule has 2 atom stereocenters. The lowest BCUT2D eigenvalue weighted by Crippen LogP contribution is -2.60. The highest BCUT2D eigenvalue weighted by Crippen LogP contribution is 2.39. The summed E-state index contributed by atoms with van der Waals surface area (Å²) in [4.78, 5) is 43.8. The Labute approximate surface area is 223 Å². The predicted octanol–water partition coefficient (Wildman–Crippen LogP) is 2.77. The fourth-order valence-corrected chi connectivity index (χ4v) is 5.60. The van der Waals surface area contributed by atoms with E-state index in [1.165, 1.54) is 0 Å². The Morgan fingerprint density at radius 1 is 1.05 bits per heavy atom. The summed E-state index contributed by atoms with van der Waals surface area (Å²) >= 11 is 0. The highest BCUT2D eigenvalue weighted by atomic mass is 16.5. The van der Waals surface area contributed by atoms with Gasteiger partial charge in [0.25, 0.3) is 11.8 Å². The van der Waals surface area contributed by atoms with E-state index in [1.807, 2.05) is 25.1 Å². The molecule has 0 saturated carbocycles. The molecule has 3 heterocycles. The van der Waals surface area contributed by atoms with Crippen molar-refractivity contribution < 1.29 is 28.6 Å². The first-order valence-corrected chi connectivity index (χ1v) is 13.3. The maximum atomic E-state index is 13.9. The van der Waals surface area contributed by atoms with Crippen LogP contribution in [0.4, 0.5) is 0 Å². The fourth-order valence-electron chi connectivity index (χ4n) is 5.60. The second-order valence-corrected chi connectivity index (χ2v) is 10.2. The number of nitrogens with one attached hydrogen (secondary N) is 1. The number of nitrogens with zero attached hydrogens (tertiary/aromatic N) is 2. The molecule has 0 bridgehead atoms. The zero-order valence-electron chi connectivity index (χ0n) is 22.0. The van der Waals surface area contributed by atoms with Gasteiger partial charge in [0.2, 0.25) is 5.91 Å². The van der Waals surface area contributed by atoms with Crippen molar-refractivity contribution in [3.8, 4) is 5.75 Å². The summed E-state index contributed by atoms with van der Waals surface area (Å²) in [7, 11) is 1.59. The highest BCUT2D eigenvalue weighted by Gasteiger charge is 2.54. The minimum atomic E-state index is -0.955. The number of likely N-dealkylation sites (tertiary alicyclic amines) is 1. The molecule has 3 fully saturated rings. The number of amides is 3. The molecule has 9 nitrogen and oxygen atoms in total. The van der Waals surface area contributed by atoms with Gasteiger partial charge in [0, 0.05) is 50.2 Å².